The monoisotopic (exact) mass is 342 g/mol. The van der Waals surface area contributed by atoms with Gasteiger partial charge in [0.1, 0.15) is 0 Å². The third-order valence-electron chi connectivity index (χ3n) is 5.04. The second-order valence-electron chi connectivity index (χ2n) is 6.65. The van der Waals surface area contributed by atoms with E-state index in [2.05, 4.69) is 31.8 Å². The highest BCUT2D eigenvalue weighted by Crippen LogP contribution is 2.26. The summed E-state index contributed by atoms with van der Waals surface area (Å²) in [6, 6.07) is 7.48. The van der Waals surface area contributed by atoms with Crippen LogP contribution in [0.5, 0.6) is 0 Å². The molecule has 2 unspecified atom stereocenters. The second kappa shape index (κ2) is 7.43. The van der Waals surface area contributed by atoms with Crippen LogP contribution in [0.2, 0.25) is 0 Å². The Balaban J connectivity index is 1.35. The number of hydrogen-bond acceptors (Lipinski definition) is 6. The molecule has 6 nitrogen and oxygen atoms in total. The average molecular weight is 342 g/mol. The number of hydrazine groups is 1. The third kappa shape index (κ3) is 3.63. The summed E-state index contributed by atoms with van der Waals surface area (Å²) in [5.74, 6) is 0.721. The first-order valence-corrected chi connectivity index (χ1v) is 8.77. The number of piperazine rings is 1. The first-order valence-electron chi connectivity index (χ1n) is 8.77. The van der Waals surface area contributed by atoms with Crippen molar-refractivity contribution in [3.05, 3.63) is 54.2 Å². The zero-order valence-electron chi connectivity index (χ0n) is 14.1. The lowest BCUT2D eigenvalue weighted by atomic mass is 9.95. The molecule has 0 aliphatic carbocycles. The van der Waals surface area contributed by atoms with Crippen LogP contribution >= 0.6 is 0 Å². The largest absolute Gasteiger partial charge is 0.352 e. The van der Waals surface area contributed by atoms with Gasteiger partial charge in [-0.1, -0.05) is 6.07 Å². The number of nitrogens with zero attached hydrogens (tertiary/aromatic N) is 4. The van der Waals surface area contributed by atoms with Gasteiger partial charge in [-0.05, 0) is 23.8 Å². The standard InChI is InChI=1S/C18H23FN6/c19-16-4-2-6-21-18(16)25-9-7-24(8-10-25)13-15-12-22-23-17(15)14-3-1-5-20-11-14/h1-6,11,15,17,22-23H,7-10,12-13H2. The molecule has 2 saturated heterocycles. The minimum absolute atomic E-state index is 0.239. The molecule has 2 atom stereocenters. The van der Waals surface area contributed by atoms with Crippen LogP contribution in [0.1, 0.15) is 11.6 Å². The molecule has 0 aromatic carbocycles. The van der Waals surface area contributed by atoms with Crippen LogP contribution in [0.25, 0.3) is 0 Å². The topological polar surface area (TPSA) is 56.3 Å². The molecule has 7 heteroatoms. The maximum atomic E-state index is 13.9. The molecule has 4 heterocycles. The zero-order valence-corrected chi connectivity index (χ0v) is 14.1. The lowest BCUT2D eigenvalue weighted by Gasteiger charge is -2.37. The highest BCUT2D eigenvalue weighted by Gasteiger charge is 2.31. The normalized spacial score (nSPS) is 24.6. The van der Waals surface area contributed by atoms with Gasteiger partial charge in [0.25, 0.3) is 0 Å². The predicted molar refractivity (Wildman–Crippen MR) is 94.5 cm³/mol. The lowest BCUT2D eigenvalue weighted by Crippen LogP contribution is -2.49. The van der Waals surface area contributed by atoms with Gasteiger partial charge in [0.15, 0.2) is 11.6 Å². The van der Waals surface area contributed by atoms with Gasteiger partial charge in [0, 0.05) is 63.8 Å². The van der Waals surface area contributed by atoms with E-state index in [1.54, 1.807) is 18.5 Å². The van der Waals surface area contributed by atoms with Crippen LogP contribution in [-0.2, 0) is 0 Å². The van der Waals surface area contributed by atoms with Crippen LogP contribution in [-0.4, -0.2) is 54.1 Å². The number of rotatable bonds is 4. The maximum absolute atomic E-state index is 13.9. The van der Waals surface area contributed by atoms with Crippen LogP contribution in [0.15, 0.2) is 42.9 Å². The summed E-state index contributed by atoms with van der Waals surface area (Å²) in [7, 11) is 0. The number of pyridine rings is 2. The Morgan fingerprint density at radius 1 is 1.12 bits per heavy atom. The molecule has 0 spiro atoms. The Bertz CT molecular complexity index is 689. The van der Waals surface area contributed by atoms with E-state index in [9.17, 15) is 4.39 Å². The quantitative estimate of drug-likeness (QED) is 0.871. The van der Waals surface area contributed by atoms with Crippen molar-refractivity contribution in [3.63, 3.8) is 0 Å². The van der Waals surface area contributed by atoms with E-state index < -0.39 is 0 Å². The summed E-state index contributed by atoms with van der Waals surface area (Å²) in [5.41, 5.74) is 7.86. The third-order valence-corrected chi connectivity index (χ3v) is 5.04. The second-order valence-corrected chi connectivity index (χ2v) is 6.65. The molecule has 2 aromatic rings. The number of nitrogens with one attached hydrogen (secondary N) is 2. The fraction of sp³-hybridized carbons (Fsp3) is 0.444. The van der Waals surface area contributed by atoms with Crippen molar-refractivity contribution in [3.8, 4) is 0 Å². The van der Waals surface area contributed by atoms with E-state index in [4.69, 9.17) is 0 Å². The highest BCUT2D eigenvalue weighted by molar-refractivity contribution is 5.40. The summed E-state index contributed by atoms with van der Waals surface area (Å²) in [6.07, 6.45) is 5.38. The zero-order chi connectivity index (χ0) is 17.1. The van der Waals surface area contributed by atoms with Crippen molar-refractivity contribution >= 4 is 5.82 Å². The van der Waals surface area contributed by atoms with Crippen molar-refractivity contribution in [2.45, 2.75) is 6.04 Å². The fourth-order valence-corrected chi connectivity index (χ4v) is 3.71. The molecular formula is C18H23FN6. The Morgan fingerprint density at radius 2 is 1.96 bits per heavy atom. The van der Waals surface area contributed by atoms with E-state index in [1.165, 1.54) is 11.6 Å². The van der Waals surface area contributed by atoms with Gasteiger partial charge in [-0.2, -0.15) is 0 Å². The molecule has 0 bridgehead atoms. The summed E-state index contributed by atoms with van der Waals surface area (Å²) < 4.78 is 13.9. The molecule has 132 valence electrons. The predicted octanol–water partition coefficient (Wildman–Crippen LogP) is 1.20. The van der Waals surface area contributed by atoms with E-state index in [0.717, 1.165) is 39.3 Å². The lowest BCUT2D eigenvalue weighted by molar-refractivity contribution is 0.213. The van der Waals surface area contributed by atoms with E-state index in [-0.39, 0.29) is 11.9 Å². The van der Waals surface area contributed by atoms with Crippen molar-refractivity contribution in [2.24, 2.45) is 5.92 Å². The summed E-state index contributed by atoms with van der Waals surface area (Å²) in [5, 5.41) is 0. The first-order chi connectivity index (χ1) is 12.3. The van der Waals surface area contributed by atoms with Crippen LogP contribution < -0.4 is 15.8 Å². The van der Waals surface area contributed by atoms with Crippen molar-refractivity contribution in [1.29, 1.82) is 0 Å². The van der Waals surface area contributed by atoms with Gasteiger partial charge in [0.05, 0.1) is 6.04 Å². The van der Waals surface area contributed by atoms with Crippen LogP contribution in [0.3, 0.4) is 0 Å². The van der Waals surface area contributed by atoms with E-state index in [1.807, 2.05) is 17.2 Å². The van der Waals surface area contributed by atoms with Crippen molar-refractivity contribution < 1.29 is 4.39 Å². The summed E-state index contributed by atoms with van der Waals surface area (Å²) in [6.45, 7) is 5.41. The number of aromatic nitrogens is 2. The number of halogens is 1. The van der Waals surface area contributed by atoms with Crippen LogP contribution in [0.4, 0.5) is 10.2 Å². The average Bonchev–Trinajstić information content (AvgIpc) is 3.12. The van der Waals surface area contributed by atoms with Crippen LogP contribution in [0, 0.1) is 11.7 Å². The molecule has 4 rings (SSSR count). The van der Waals surface area contributed by atoms with Gasteiger partial charge in [-0.3, -0.25) is 15.3 Å². The minimum Gasteiger partial charge on any atom is -0.352 e. The molecule has 2 fully saturated rings. The summed E-state index contributed by atoms with van der Waals surface area (Å²) in [4.78, 5) is 12.9. The molecular weight excluding hydrogens is 319 g/mol. The number of anilines is 1. The molecule has 0 amide bonds. The van der Waals surface area contributed by atoms with E-state index in [0.29, 0.717) is 11.7 Å². The Labute approximate surface area is 147 Å². The van der Waals surface area contributed by atoms with Crippen molar-refractivity contribution in [2.75, 3.05) is 44.2 Å². The first kappa shape index (κ1) is 16.4. The van der Waals surface area contributed by atoms with Crippen molar-refractivity contribution in [1.82, 2.24) is 25.7 Å². The van der Waals surface area contributed by atoms with Gasteiger partial charge < -0.3 is 4.90 Å². The Morgan fingerprint density at radius 3 is 2.72 bits per heavy atom. The molecule has 2 aliphatic rings. The van der Waals surface area contributed by atoms with E-state index >= 15 is 0 Å². The maximum Gasteiger partial charge on any atom is 0.165 e. The fourth-order valence-electron chi connectivity index (χ4n) is 3.71. The highest BCUT2D eigenvalue weighted by atomic mass is 19.1. The molecule has 0 saturated carbocycles. The molecule has 2 aromatic heterocycles. The molecule has 2 N–H and O–H groups in total. The molecule has 2 aliphatic heterocycles. The van der Waals surface area contributed by atoms with Gasteiger partial charge in [-0.25, -0.2) is 14.8 Å². The smallest absolute Gasteiger partial charge is 0.165 e. The Hall–Kier alpha value is -2.09. The number of hydrogen-bond donors (Lipinski definition) is 2. The molecule has 25 heavy (non-hydrogen) atoms. The SMILES string of the molecule is Fc1cccnc1N1CCN(CC2CNNC2c2cccnc2)CC1. The van der Waals surface area contributed by atoms with Gasteiger partial charge in [-0.15, -0.1) is 0 Å². The van der Waals surface area contributed by atoms with Gasteiger partial charge in [0.2, 0.25) is 0 Å². The van der Waals surface area contributed by atoms with Gasteiger partial charge >= 0.3 is 0 Å². The molecule has 0 radical (unpaired) electrons. The Kier molecular flexibility index (Phi) is 4.87. The minimum atomic E-state index is -0.239. The summed E-state index contributed by atoms with van der Waals surface area (Å²) >= 11 is 0.